The molecule has 0 atom stereocenters. The summed E-state index contributed by atoms with van der Waals surface area (Å²) in [5.41, 5.74) is 8.35. The molecule has 3 aromatic rings. The van der Waals surface area contributed by atoms with Gasteiger partial charge in [0.1, 0.15) is 5.82 Å². The van der Waals surface area contributed by atoms with Crippen LogP contribution in [0, 0.1) is 12.7 Å². The van der Waals surface area contributed by atoms with Gasteiger partial charge < -0.3 is 5.73 Å². The van der Waals surface area contributed by atoms with Gasteiger partial charge in [-0.15, -0.1) is 5.10 Å². The molecular formula is C14H11ClFN5. The van der Waals surface area contributed by atoms with E-state index in [0.29, 0.717) is 33.3 Å². The lowest BCUT2D eigenvalue weighted by Crippen LogP contribution is -2.04. The summed E-state index contributed by atoms with van der Waals surface area (Å²) < 4.78 is 14.7. The van der Waals surface area contributed by atoms with Crippen molar-refractivity contribution in [3.8, 4) is 17.1 Å². The Hall–Kier alpha value is -2.47. The molecule has 5 nitrogen and oxygen atoms in total. The van der Waals surface area contributed by atoms with Crippen LogP contribution in [-0.2, 0) is 0 Å². The molecule has 0 fully saturated rings. The number of nitrogens with two attached hydrogens (primary N) is 1. The van der Waals surface area contributed by atoms with Gasteiger partial charge in [-0.1, -0.05) is 17.7 Å². The third-order valence-electron chi connectivity index (χ3n) is 3.13. The molecular weight excluding hydrogens is 293 g/mol. The van der Waals surface area contributed by atoms with Crippen molar-refractivity contribution in [2.24, 2.45) is 0 Å². The molecule has 0 bridgehead atoms. The zero-order valence-electron chi connectivity index (χ0n) is 11.1. The molecule has 0 amide bonds. The fourth-order valence-corrected chi connectivity index (χ4v) is 2.40. The first kappa shape index (κ1) is 13.5. The second kappa shape index (κ2) is 5.14. The maximum Gasteiger partial charge on any atom is 0.190 e. The Balaban J connectivity index is 2.22. The van der Waals surface area contributed by atoms with Crippen molar-refractivity contribution in [2.45, 2.75) is 6.92 Å². The molecule has 0 aliphatic carbocycles. The highest BCUT2D eigenvalue weighted by molar-refractivity contribution is 6.33. The Morgan fingerprint density at radius 2 is 2.05 bits per heavy atom. The van der Waals surface area contributed by atoms with E-state index in [2.05, 4.69) is 15.5 Å². The smallest absolute Gasteiger partial charge is 0.190 e. The second-order valence-electron chi connectivity index (χ2n) is 4.55. The first-order valence-corrected chi connectivity index (χ1v) is 6.55. The molecule has 21 heavy (non-hydrogen) atoms. The highest BCUT2D eigenvalue weighted by Gasteiger charge is 2.17. The van der Waals surface area contributed by atoms with Crippen LogP contribution in [0.15, 0.2) is 36.4 Å². The van der Waals surface area contributed by atoms with Crippen molar-refractivity contribution in [1.29, 1.82) is 0 Å². The molecule has 106 valence electrons. The van der Waals surface area contributed by atoms with E-state index in [4.69, 9.17) is 17.3 Å². The average Bonchev–Trinajstić information content (AvgIpc) is 2.87. The minimum atomic E-state index is -0.317. The molecule has 0 radical (unpaired) electrons. The zero-order valence-corrected chi connectivity index (χ0v) is 11.8. The highest BCUT2D eigenvalue weighted by Crippen LogP contribution is 2.32. The van der Waals surface area contributed by atoms with Crippen LogP contribution in [0.4, 0.5) is 10.1 Å². The molecule has 0 unspecified atom stereocenters. The van der Waals surface area contributed by atoms with Gasteiger partial charge in [0.05, 0.1) is 16.3 Å². The largest absolute Gasteiger partial charge is 0.398 e. The molecule has 0 aliphatic heterocycles. The lowest BCUT2D eigenvalue weighted by molar-refractivity contribution is 0.625. The van der Waals surface area contributed by atoms with Gasteiger partial charge in [0.15, 0.2) is 5.82 Å². The van der Waals surface area contributed by atoms with Gasteiger partial charge in [0, 0.05) is 5.69 Å². The third-order valence-corrected chi connectivity index (χ3v) is 3.44. The van der Waals surface area contributed by atoms with Crippen molar-refractivity contribution in [1.82, 2.24) is 20.2 Å². The van der Waals surface area contributed by atoms with E-state index >= 15 is 0 Å². The minimum absolute atomic E-state index is 0.317. The topological polar surface area (TPSA) is 69.6 Å². The molecule has 2 N–H and O–H groups in total. The number of hydrogen-bond donors (Lipinski definition) is 1. The minimum Gasteiger partial charge on any atom is -0.398 e. The van der Waals surface area contributed by atoms with Crippen molar-refractivity contribution in [3.63, 3.8) is 0 Å². The molecule has 0 aliphatic rings. The number of aryl methyl sites for hydroxylation is 1. The summed E-state index contributed by atoms with van der Waals surface area (Å²) in [6, 6.07) is 9.55. The van der Waals surface area contributed by atoms with Gasteiger partial charge in [-0.05, 0) is 53.2 Å². The Morgan fingerprint density at radius 1 is 1.24 bits per heavy atom. The average molecular weight is 304 g/mol. The molecule has 3 rings (SSSR count). The van der Waals surface area contributed by atoms with Crippen molar-refractivity contribution in [3.05, 3.63) is 52.8 Å². The molecule has 0 saturated heterocycles. The number of hydrogen-bond acceptors (Lipinski definition) is 4. The normalized spacial score (nSPS) is 10.8. The molecule has 1 heterocycles. The van der Waals surface area contributed by atoms with Crippen LogP contribution in [0.1, 0.15) is 5.56 Å². The lowest BCUT2D eigenvalue weighted by atomic mass is 10.1. The van der Waals surface area contributed by atoms with Gasteiger partial charge in [0.2, 0.25) is 0 Å². The molecule has 7 heteroatoms. The van der Waals surface area contributed by atoms with Crippen molar-refractivity contribution >= 4 is 17.3 Å². The Kier molecular flexibility index (Phi) is 3.31. The quantitative estimate of drug-likeness (QED) is 0.739. The number of aromatic nitrogens is 4. The van der Waals surface area contributed by atoms with Crippen LogP contribution in [0.25, 0.3) is 17.1 Å². The predicted octanol–water partition coefficient (Wildman–Crippen LogP) is 3.01. The van der Waals surface area contributed by atoms with E-state index in [9.17, 15) is 4.39 Å². The lowest BCUT2D eigenvalue weighted by Gasteiger charge is -2.10. The number of tetrazole rings is 1. The number of nitrogen functional groups attached to an aromatic ring is 1. The van der Waals surface area contributed by atoms with Crippen LogP contribution in [-0.4, -0.2) is 20.2 Å². The summed E-state index contributed by atoms with van der Waals surface area (Å²) in [6.45, 7) is 1.78. The maximum absolute atomic E-state index is 13.2. The van der Waals surface area contributed by atoms with Crippen molar-refractivity contribution in [2.75, 3.05) is 5.73 Å². The molecule has 1 aromatic heterocycles. The first-order valence-electron chi connectivity index (χ1n) is 6.17. The summed E-state index contributed by atoms with van der Waals surface area (Å²) >= 11 is 6.20. The first-order chi connectivity index (χ1) is 10.1. The monoisotopic (exact) mass is 303 g/mol. The maximum atomic E-state index is 13.2. The molecule has 0 saturated carbocycles. The van der Waals surface area contributed by atoms with Crippen LogP contribution in [0.2, 0.25) is 5.02 Å². The third kappa shape index (κ3) is 2.34. The zero-order chi connectivity index (χ0) is 15.0. The number of rotatable bonds is 2. The summed E-state index contributed by atoms with van der Waals surface area (Å²) in [7, 11) is 0. The summed E-state index contributed by atoms with van der Waals surface area (Å²) in [6.07, 6.45) is 0. The Morgan fingerprint density at radius 3 is 2.76 bits per heavy atom. The van der Waals surface area contributed by atoms with Crippen LogP contribution in [0.5, 0.6) is 0 Å². The standard InChI is InChI=1S/C14H11ClFN5/c1-8-7-9(16)5-6-12(8)21-14(18-19-20-21)13-10(15)3-2-4-11(13)17/h2-7H,17H2,1H3. The van der Waals surface area contributed by atoms with Gasteiger partial charge in [-0.3, -0.25) is 0 Å². The fraction of sp³-hybridized carbons (Fsp3) is 0.0714. The Bertz CT molecular complexity index is 795. The summed E-state index contributed by atoms with van der Waals surface area (Å²) in [5.74, 6) is 0.0935. The molecule has 2 aromatic carbocycles. The predicted molar refractivity (Wildman–Crippen MR) is 78.7 cm³/mol. The SMILES string of the molecule is Cc1cc(F)ccc1-n1nnnc1-c1c(N)cccc1Cl. The van der Waals surface area contributed by atoms with E-state index in [-0.39, 0.29) is 5.82 Å². The Labute approximate surface area is 125 Å². The molecule has 0 spiro atoms. The van der Waals surface area contributed by atoms with E-state index in [0.717, 1.165) is 0 Å². The van der Waals surface area contributed by atoms with E-state index in [1.807, 2.05) is 0 Å². The van der Waals surface area contributed by atoms with Gasteiger partial charge >= 0.3 is 0 Å². The van der Waals surface area contributed by atoms with Crippen LogP contribution >= 0.6 is 11.6 Å². The summed E-state index contributed by atoms with van der Waals surface area (Å²) in [5, 5.41) is 12.1. The fourth-order valence-electron chi connectivity index (χ4n) is 2.14. The van der Waals surface area contributed by atoms with Gasteiger partial charge in [-0.2, -0.15) is 4.68 Å². The second-order valence-corrected chi connectivity index (χ2v) is 4.96. The number of benzene rings is 2. The van der Waals surface area contributed by atoms with Gasteiger partial charge in [-0.25, -0.2) is 4.39 Å². The van der Waals surface area contributed by atoms with E-state index in [1.54, 1.807) is 31.2 Å². The summed E-state index contributed by atoms with van der Waals surface area (Å²) in [4.78, 5) is 0. The van der Waals surface area contributed by atoms with Gasteiger partial charge in [0.25, 0.3) is 0 Å². The number of halogens is 2. The van der Waals surface area contributed by atoms with E-state index in [1.165, 1.54) is 16.8 Å². The van der Waals surface area contributed by atoms with Crippen molar-refractivity contribution < 1.29 is 4.39 Å². The number of nitrogens with zero attached hydrogens (tertiary/aromatic N) is 4. The number of anilines is 1. The van der Waals surface area contributed by atoms with Crippen LogP contribution < -0.4 is 5.73 Å². The van der Waals surface area contributed by atoms with Crippen LogP contribution in [0.3, 0.4) is 0 Å². The highest BCUT2D eigenvalue weighted by atomic mass is 35.5. The van der Waals surface area contributed by atoms with E-state index < -0.39 is 0 Å².